The Morgan fingerprint density at radius 2 is 1.75 bits per heavy atom. The van der Waals surface area contributed by atoms with Crippen molar-refractivity contribution in [1.82, 2.24) is 0 Å². The van der Waals surface area contributed by atoms with Crippen LogP contribution in [0, 0.1) is 0 Å². The summed E-state index contributed by atoms with van der Waals surface area (Å²) in [6.07, 6.45) is 1.15. The van der Waals surface area contributed by atoms with Crippen LogP contribution in [0.1, 0.15) is 42.9 Å². The molecule has 0 spiro atoms. The molecule has 0 saturated carbocycles. The number of carbonyl (C=O) groups is 1. The summed E-state index contributed by atoms with van der Waals surface area (Å²) < 4.78 is 17.7. The van der Waals surface area contributed by atoms with Gasteiger partial charge in [-0.15, -0.1) is 0 Å². The van der Waals surface area contributed by atoms with E-state index in [9.17, 15) is 4.79 Å². The number of allylic oxidation sites excluding steroid dienone is 1. The van der Waals surface area contributed by atoms with Crippen LogP contribution in [0.4, 0.5) is 11.4 Å². The van der Waals surface area contributed by atoms with Gasteiger partial charge in [0.25, 0.3) is 0 Å². The van der Waals surface area contributed by atoms with Crippen LogP contribution >= 0.6 is 15.9 Å². The Kier molecular flexibility index (Phi) is 6.92. The Hall–Kier alpha value is -3.45. The molecule has 186 valence electrons. The van der Waals surface area contributed by atoms with Gasteiger partial charge in [0.05, 0.1) is 42.7 Å². The largest absolute Gasteiger partial charge is 0.497 e. The molecule has 5 rings (SSSR count). The van der Waals surface area contributed by atoms with E-state index in [0.717, 1.165) is 50.4 Å². The highest BCUT2D eigenvalue weighted by Crippen LogP contribution is 2.47. The molecule has 7 heteroatoms. The molecule has 36 heavy (non-hydrogen) atoms. The van der Waals surface area contributed by atoms with Crippen molar-refractivity contribution >= 4 is 33.1 Å². The Bertz CT molecular complexity index is 1340. The zero-order valence-electron chi connectivity index (χ0n) is 20.6. The minimum Gasteiger partial charge on any atom is -0.497 e. The molecule has 3 aromatic carbocycles. The lowest BCUT2D eigenvalue weighted by Crippen LogP contribution is -2.27. The van der Waals surface area contributed by atoms with Crippen molar-refractivity contribution in [3.63, 3.8) is 0 Å². The summed E-state index contributed by atoms with van der Waals surface area (Å²) in [5, 5.41) is 7.22. The Balaban J connectivity index is 1.61. The van der Waals surface area contributed by atoms with Crippen LogP contribution in [0.15, 0.2) is 76.4 Å². The van der Waals surface area contributed by atoms with Crippen molar-refractivity contribution in [2.24, 2.45) is 0 Å². The monoisotopic (exact) mass is 548 g/mol. The third-order valence-electron chi connectivity index (χ3n) is 6.75. The number of methoxy groups -OCH3 is 2. The first-order chi connectivity index (χ1) is 17.5. The lowest BCUT2D eigenvalue weighted by atomic mass is 9.78. The van der Waals surface area contributed by atoms with Crippen molar-refractivity contribution < 1.29 is 19.0 Å². The van der Waals surface area contributed by atoms with Gasteiger partial charge in [-0.3, -0.25) is 4.79 Å². The molecular weight excluding hydrogens is 520 g/mol. The molecule has 0 radical (unpaired) electrons. The third kappa shape index (κ3) is 4.55. The maximum Gasteiger partial charge on any atom is 0.175 e. The molecule has 0 saturated heterocycles. The van der Waals surface area contributed by atoms with Crippen LogP contribution < -0.4 is 24.8 Å². The summed E-state index contributed by atoms with van der Waals surface area (Å²) in [6, 6.07) is 19.7. The lowest BCUT2D eigenvalue weighted by molar-refractivity contribution is -0.116. The van der Waals surface area contributed by atoms with Gasteiger partial charge in [-0.2, -0.15) is 0 Å². The second-order valence-electron chi connectivity index (χ2n) is 8.91. The molecule has 2 N–H and O–H groups in total. The van der Waals surface area contributed by atoms with E-state index in [1.807, 2.05) is 61.5 Å². The van der Waals surface area contributed by atoms with Crippen LogP contribution in [0.25, 0.3) is 0 Å². The number of Topliss-reactive ketones (excluding diaryl/α,β-unsaturated/α-hetero) is 1. The predicted octanol–water partition coefficient (Wildman–Crippen LogP) is 6.84. The van der Waals surface area contributed by atoms with Crippen LogP contribution in [0.2, 0.25) is 0 Å². The number of carbonyl (C=O) groups excluding carboxylic acids is 1. The zero-order valence-corrected chi connectivity index (χ0v) is 22.1. The number of nitrogens with one attached hydrogen (secondary N) is 2. The van der Waals surface area contributed by atoms with Gasteiger partial charge in [0.1, 0.15) is 5.75 Å². The van der Waals surface area contributed by atoms with E-state index < -0.39 is 0 Å². The minimum absolute atomic E-state index is 0.0614. The summed E-state index contributed by atoms with van der Waals surface area (Å²) in [4.78, 5) is 13.8. The Morgan fingerprint density at radius 3 is 2.50 bits per heavy atom. The third-order valence-corrected chi connectivity index (χ3v) is 7.34. The number of benzene rings is 3. The van der Waals surface area contributed by atoms with E-state index in [4.69, 9.17) is 14.2 Å². The first-order valence-corrected chi connectivity index (χ1v) is 12.8. The quantitative estimate of drug-likeness (QED) is 0.351. The molecule has 1 aliphatic heterocycles. The maximum absolute atomic E-state index is 13.8. The standard InChI is InChI=1S/C29H29BrN2O4/c1-4-36-29-21(30)13-19(16-26(29)35-3)28-27-24(31-22-10-5-6-11-23(22)32-28)14-18(15-25(27)33)17-8-7-9-20(12-17)34-2/h5-13,16,18,28,31-32H,4,14-15H2,1-3H3. The van der Waals surface area contributed by atoms with Gasteiger partial charge in [-0.05, 0) is 82.7 Å². The number of hydrogen-bond acceptors (Lipinski definition) is 6. The Morgan fingerprint density at radius 1 is 0.944 bits per heavy atom. The fraction of sp³-hybridized carbons (Fsp3) is 0.276. The summed E-state index contributed by atoms with van der Waals surface area (Å²) >= 11 is 3.65. The number of halogens is 1. The molecular formula is C29H29BrN2O4. The molecule has 1 heterocycles. The van der Waals surface area contributed by atoms with Gasteiger partial charge in [0.2, 0.25) is 0 Å². The van der Waals surface area contributed by atoms with Gasteiger partial charge in [0.15, 0.2) is 17.3 Å². The van der Waals surface area contributed by atoms with Crippen LogP contribution in [-0.4, -0.2) is 26.6 Å². The van der Waals surface area contributed by atoms with Crippen molar-refractivity contribution in [2.75, 3.05) is 31.5 Å². The summed E-state index contributed by atoms with van der Waals surface area (Å²) in [5.74, 6) is 2.24. The molecule has 0 fully saturated rings. The van der Waals surface area contributed by atoms with E-state index >= 15 is 0 Å². The number of para-hydroxylation sites is 2. The van der Waals surface area contributed by atoms with Crippen molar-refractivity contribution in [3.8, 4) is 17.2 Å². The van der Waals surface area contributed by atoms with Crippen molar-refractivity contribution in [3.05, 3.63) is 87.5 Å². The summed E-state index contributed by atoms with van der Waals surface area (Å²) in [7, 11) is 3.29. The normalized spacial score (nSPS) is 18.8. The second kappa shape index (κ2) is 10.3. The van der Waals surface area contributed by atoms with E-state index in [-0.39, 0.29) is 17.7 Å². The molecule has 6 nitrogen and oxygen atoms in total. The molecule has 0 bridgehead atoms. The average molecular weight is 549 g/mol. The van der Waals surface area contributed by atoms with Crippen molar-refractivity contribution in [1.29, 1.82) is 0 Å². The fourth-order valence-corrected chi connectivity index (χ4v) is 5.64. The van der Waals surface area contributed by atoms with Gasteiger partial charge in [-0.25, -0.2) is 0 Å². The number of fused-ring (bicyclic) bond motifs is 1. The van der Waals surface area contributed by atoms with Crippen molar-refractivity contribution in [2.45, 2.75) is 31.7 Å². The van der Waals surface area contributed by atoms with Gasteiger partial charge in [-0.1, -0.05) is 24.3 Å². The topological polar surface area (TPSA) is 68.8 Å². The first kappa shape index (κ1) is 24.3. The lowest BCUT2D eigenvalue weighted by Gasteiger charge is -2.30. The fourth-order valence-electron chi connectivity index (χ4n) is 5.06. The van der Waals surface area contributed by atoms with Crippen LogP contribution in [-0.2, 0) is 4.79 Å². The van der Waals surface area contributed by atoms with Gasteiger partial charge < -0.3 is 24.8 Å². The highest BCUT2D eigenvalue weighted by atomic mass is 79.9. The molecule has 0 aromatic heterocycles. The molecule has 0 amide bonds. The molecule has 2 atom stereocenters. The number of ether oxygens (including phenoxy) is 3. The summed E-state index contributed by atoms with van der Waals surface area (Å²) in [5.41, 5.74) is 5.59. The summed E-state index contributed by atoms with van der Waals surface area (Å²) in [6.45, 7) is 2.46. The van der Waals surface area contributed by atoms with Gasteiger partial charge in [0, 0.05) is 17.7 Å². The predicted molar refractivity (Wildman–Crippen MR) is 145 cm³/mol. The van der Waals surface area contributed by atoms with Crippen LogP contribution in [0.3, 0.4) is 0 Å². The zero-order chi connectivity index (χ0) is 25.2. The number of hydrogen-bond donors (Lipinski definition) is 2. The van der Waals surface area contributed by atoms with E-state index in [1.54, 1.807) is 14.2 Å². The molecule has 1 aliphatic carbocycles. The smallest absolute Gasteiger partial charge is 0.175 e. The highest BCUT2D eigenvalue weighted by Gasteiger charge is 2.36. The molecule has 2 aliphatic rings. The van der Waals surface area contributed by atoms with E-state index in [0.29, 0.717) is 24.5 Å². The Labute approximate surface area is 219 Å². The average Bonchev–Trinajstić information content (AvgIpc) is 3.06. The molecule has 3 aromatic rings. The number of anilines is 2. The van der Waals surface area contributed by atoms with E-state index in [1.165, 1.54) is 0 Å². The second-order valence-corrected chi connectivity index (χ2v) is 9.77. The minimum atomic E-state index is -0.351. The SMILES string of the molecule is CCOc1c(Br)cc(C2Nc3ccccc3NC3=C2C(=O)CC(c2cccc(OC)c2)C3)cc1OC. The highest BCUT2D eigenvalue weighted by molar-refractivity contribution is 9.10. The van der Waals surface area contributed by atoms with Gasteiger partial charge >= 0.3 is 0 Å². The number of rotatable bonds is 6. The molecule has 2 unspecified atom stereocenters. The maximum atomic E-state index is 13.8. The first-order valence-electron chi connectivity index (χ1n) is 12.0. The number of ketones is 1. The van der Waals surface area contributed by atoms with E-state index in [2.05, 4.69) is 32.6 Å². The van der Waals surface area contributed by atoms with Crippen LogP contribution in [0.5, 0.6) is 17.2 Å².